The van der Waals surface area contributed by atoms with Gasteiger partial charge in [0, 0.05) is 22.3 Å². The van der Waals surface area contributed by atoms with Gasteiger partial charge in [0.25, 0.3) is 5.56 Å². The van der Waals surface area contributed by atoms with Gasteiger partial charge in [-0.2, -0.15) is 5.26 Å². The van der Waals surface area contributed by atoms with Crippen LogP contribution in [-0.4, -0.2) is 9.97 Å². The first-order chi connectivity index (χ1) is 8.58. The second-order valence-electron chi connectivity index (χ2n) is 3.65. The Kier molecular flexibility index (Phi) is 3.35. The van der Waals surface area contributed by atoms with Crippen LogP contribution in [0.2, 0.25) is 0 Å². The molecule has 0 aliphatic rings. The number of rotatable bonds is 2. The SMILES string of the molecule is Cc1cc(=O)[nH]c(Sc2ccc(N)c(C#N)c2)n1. The van der Waals surface area contributed by atoms with Crippen molar-refractivity contribution in [1.82, 2.24) is 9.97 Å². The highest BCUT2D eigenvalue weighted by atomic mass is 32.2. The molecule has 0 radical (unpaired) electrons. The van der Waals surface area contributed by atoms with Gasteiger partial charge in [0.15, 0.2) is 5.16 Å². The lowest BCUT2D eigenvalue weighted by molar-refractivity contribution is 0.905. The number of anilines is 1. The minimum absolute atomic E-state index is 0.194. The minimum Gasteiger partial charge on any atom is -0.398 e. The zero-order chi connectivity index (χ0) is 13.1. The maximum Gasteiger partial charge on any atom is 0.251 e. The van der Waals surface area contributed by atoms with Crippen LogP contribution in [0.15, 0.2) is 39.1 Å². The molecule has 0 spiro atoms. The lowest BCUT2D eigenvalue weighted by Crippen LogP contribution is -2.07. The summed E-state index contributed by atoms with van der Waals surface area (Å²) in [5, 5.41) is 9.38. The summed E-state index contributed by atoms with van der Waals surface area (Å²) in [5.74, 6) is 0. The summed E-state index contributed by atoms with van der Waals surface area (Å²) < 4.78 is 0. The molecule has 0 fully saturated rings. The fourth-order valence-corrected chi connectivity index (χ4v) is 2.28. The zero-order valence-corrected chi connectivity index (χ0v) is 10.4. The van der Waals surface area contributed by atoms with Gasteiger partial charge in [0.1, 0.15) is 6.07 Å². The van der Waals surface area contributed by atoms with E-state index in [1.165, 1.54) is 17.8 Å². The average Bonchev–Trinajstić information content (AvgIpc) is 2.30. The Labute approximate surface area is 108 Å². The van der Waals surface area contributed by atoms with Crippen molar-refractivity contribution in [2.75, 3.05) is 5.73 Å². The first kappa shape index (κ1) is 12.2. The molecule has 1 aromatic heterocycles. The molecular formula is C12H10N4OS. The van der Waals surface area contributed by atoms with Crippen LogP contribution in [0.3, 0.4) is 0 Å². The molecule has 0 unspecified atom stereocenters. The van der Waals surface area contributed by atoms with Gasteiger partial charge in [-0.25, -0.2) is 4.98 Å². The molecule has 0 saturated carbocycles. The van der Waals surface area contributed by atoms with E-state index in [4.69, 9.17) is 11.0 Å². The molecule has 0 saturated heterocycles. The van der Waals surface area contributed by atoms with Crippen molar-refractivity contribution in [3.8, 4) is 6.07 Å². The molecule has 0 aliphatic carbocycles. The molecule has 0 amide bonds. The molecule has 6 heteroatoms. The molecule has 18 heavy (non-hydrogen) atoms. The predicted octanol–water partition coefficient (Wildman–Crippen LogP) is 1.68. The molecule has 3 N–H and O–H groups in total. The number of aromatic amines is 1. The number of nitrogens with two attached hydrogens (primary N) is 1. The number of nitrogen functional groups attached to an aromatic ring is 1. The van der Waals surface area contributed by atoms with Crippen molar-refractivity contribution in [3.63, 3.8) is 0 Å². The van der Waals surface area contributed by atoms with Gasteiger partial charge in [-0.3, -0.25) is 4.79 Å². The number of nitrogens with zero attached hydrogens (tertiary/aromatic N) is 2. The van der Waals surface area contributed by atoms with Crippen LogP contribution < -0.4 is 11.3 Å². The normalized spacial score (nSPS) is 10.0. The molecule has 0 bridgehead atoms. The van der Waals surface area contributed by atoms with Crippen LogP contribution in [0.1, 0.15) is 11.3 Å². The lowest BCUT2D eigenvalue weighted by Gasteiger charge is -2.03. The van der Waals surface area contributed by atoms with Crippen LogP contribution >= 0.6 is 11.8 Å². The van der Waals surface area contributed by atoms with Crippen molar-refractivity contribution < 1.29 is 0 Å². The van der Waals surface area contributed by atoms with Gasteiger partial charge >= 0.3 is 0 Å². The molecule has 1 aromatic carbocycles. The predicted molar refractivity (Wildman–Crippen MR) is 69.3 cm³/mol. The number of H-pyrrole nitrogens is 1. The summed E-state index contributed by atoms with van der Waals surface area (Å²) in [6.07, 6.45) is 0. The Balaban J connectivity index is 2.34. The van der Waals surface area contributed by atoms with Crippen molar-refractivity contribution in [2.24, 2.45) is 0 Å². The minimum atomic E-state index is -0.194. The summed E-state index contributed by atoms with van der Waals surface area (Å²) in [6.45, 7) is 1.75. The van der Waals surface area contributed by atoms with E-state index in [2.05, 4.69) is 9.97 Å². The van der Waals surface area contributed by atoms with Crippen LogP contribution in [0.5, 0.6) is 0 Å². The van der Waals surface area contributed by atoms with Crippen LogP contribution in [0.25, 0.3) is 0 Å². The summed E-state index contributed by atoms with van der Waals surface area (Å²) >= 11 is 1.28. The van der Waals surface area contributed by atoms with Crippen molar-refractivity contribution in [3.05, 3.63) is 45.9 Å². The Morgan fingerprint density at radius 2 is 2.22 bits per heavy atom. The Morgan fingerprint density at radius 1 is 1.44 bits per heavy atom. The van der Waals surface area contributed by atoms with Crippen LogP contribution in [0, 0.1) is 18.3 Å². The van der Waals surface area contributed by atoms with E-state index < -0.39 is 0 Å². The van der Waals surface area contributed by atoms with Gasteiger partial charge in [-0.05, 0) is 25.1 Å². The number of nitrogens with one attached hydrogen (secondary N) is 1. The van der Waals surface area contributed by atoms with Crippen molar-refractivity contribution >= 4 is 17.4 Å². The molecule has 2 aromatic rings. The number of nitriles is 1. The fraction of sp³-hybridized carbons (Fsp3) is 0.0833. The summed E-state index contributed by atoms with van der Waals surface area (Å²) in [4.78, 5) is 18.9. The smallest absolute Gasteiger partial charge is 0.251 e. The molecule has 0 aliphatic heterocycles. The molecule has 0 atom stereocenters. The van der Waals surface area contributed by atoms with Gasteiger partial charge < -0.3 is 10.7 Å². The molecule has 90 valence electrons. The van der Waals surface area contributed by atoms with E-state index in [0.29, 0.717) is 22.1 Å². The van der Waals surface area contributed by atoms with E-state index in [-0.39, 0.29) is 5.56 Å². The third-order valence-corrected chi connectivity index (χ3v) is 3.08. The van der Waals surface area contributed by atoms with Gasteiger partial charge in [-0.1, -0.05) is 11.8 Å². The van der Waals surface area contributed by atoms with Crippen molar-refractivity contribution in [2.45, 2.75) is 17.0 Å². The monoisotopic (exact) mass is 258 g/mol. The highest BCUT2D eigenvalue weighted by molar-refractivity contribution is 7.99. The van der Waals surface area contributed by atoms with E-state index in [1.54, 1.807) is 25.1 Å². The summed E-state index contributed by atoms with van der Waals surface area (Å²) in [5.41, 5.74) is 6.94. The number of hydrogen-bond acceptors (Lipinski definition) is 5. The maximum atomic E-state index is 11.3. The third-order valence-electron chi connectivity index (χ3n) is 2.21. The van der Waals surface area contributed by atoms with E-state index in [9.17, 15) is 4.79 Å². The Bertz CT molecular complexity index is 687. The van der Waals surface area contributed by atoms with Crippen molar-refractivity contribution in [1.29, 1.82) is 5.26 Å². The van der Waals surface area contributed by atoms with E-state index in [0.717, 1.165) is 4.90 Å². The standard InChI is InChI=1S/C12H10N4OS/c1-7-4-11(17)16-12(15-7)18-9-2-3-10(14)8(5-9)6-13/h2-5H,14H2,1H3,(H,15,16,17). The molecule has 5 nitrogen and oxygen atoms in total. The second-order valence-corrected chi connectivity index (χ2v) is 4.72. The number of benzene rings is 1. The first-order valence-electron chi connectivity index (χ1n) is 5.14. The molecular weight excluding hydrogens is 248 g/mol. The fourth-order valence-electron chi connectivity index (χ4n) is 1.41. The van der Waals surface area contributed by atoms with Crippen LogP contribution in [0.4, 0.5) is 5.69 Å². The number of aromatic nitrogens is 2. The van der Waals surface area contributed by atoms with Crippen LogP contribution in [-0.2, 0) is 0 Å². The number of aryl methyl sites for hydroxylation is 1. The third kappa shape index (κ3) is 2.70. The van der Waals surface area contributed by atoms with Gasteiger partial charge in [-0.15, -0.1) is 0 Å². The van der Waals surface area contributed by atoms with E-state index in [1.807, 2.05) is 6.07 Å². The molecule has 1 heterocycles. The molecule has 2 rings (SSSR count). The topological polar surface area (TPSA) is 95.6 Å². The average molecular weight is 258 g/mol. The summed E-state index contributed by atoms with van der Waals surface area (Å²) in [6, 6.07) is 8.55. The highest BCUT2D eigenvalue weighted by Crippen LogP contribution is 2.26. The van der Waals surface area contributed by atoms with Gasteiger partial charge in [0.2, 0.25) is 0 Å². The lowest BCUT2D eigenvalue weighted by atomic mass is 10.2. The number of hydrogen-bond donors (Lipinski definition) is 2. The van der Waals surface area contributed by atoms with E-state index >= 15 is 0 Å². The van der Waals surface area contributed by atoms with Gasteiger partial charge in [0.05, 0.1) is 5.56 Å². The zero-order valence-electron chi connectivity index (χ0n) is 9.60. The summed E-state index contributed by atoms with van der Waals surface area (Å²) in [7, 11) is 0. The quantitative estimate of drug-likeness (QED) is 0.631. The largest absolute Gasteiger partial charge is 0.398 e. The Hall–Kier alpha value is -2.26. The Morgan fingerprint density at radius 3 is 2.89 bits per heavy atom. The highest BCUT2D eigenvalue weighted by Gasteiger charge is 2.04. The second kappa shape index (κ2) is 4.94. The first-order valence-corrected chi connectivity index (χ1v) is 5.95. The maximum absolute atomic E-state index is 11.3.